The Bertz CT molecular complexity index is 621. The highest BCUT2D eigenvalue weighted by Crippen LogP contribution is 2.32. The minimum Gasteiger partial charge on any atom is -0.404 e. The van der Waals surface area contributed by atoms with E-state index in [1.165, 1.54) is 12.1 Å². The van der Waals surface area contributed by atoms with Crippen LogP contribution in [0, 0.1) is 10.8 Å². The monoisotopic (exact) mass is 399 g/mol. The fraction of sp³-hybridized carbons (Fsp3) is 0.429. The lowest BCUT2D eigenvalue weighted by atomic mass is 10.1. The average molecular weight is 400 g/mol. The number of halogens is 5. The molecule has 1 heterocycles. The molecule has 0 unspecified atom stereocenters. The van der Waals surface area contributed by atoms with Crippen LogP contribution in [0.5, 0.6) is 5.75 Å². The zero-order valence-electron chi connectivity index (χ0n) is 13.0. The molecule has 0 atom stereocenters. The Hall–Kier alpha value is -1.87. The third-order valence-electron chi connectivity index (χ3n) is 3.34. The van der Waals surface area contributed by atoms with Crippen LogP contribution in [0.2, 0.25) is 5.02 Å². The molecule has 0 radical (unpaired) electrons. The molecule has 11 heteroatoms. The third kappa shape index (κ3) is 6.87. The van der Waals surface area contributed by atoms with Gasteiger partial charge < -0.3 is 15.0 Å². The summed E-state index contributed by atoms with van der Waals surface area (Å²) in [5.41, 5.74) is 0.304. The SMILES string of the molecule is Cl.N=C(NC(=N)N1CCCCC1)Nc1ccc(OC(F)(F)F)c(Cl)c1. The van der Waals surface area contributed by atoms with E-state index in [9.17, 15) is 13.2 Å². The molecule has 0 spiro atoms. The van der Waals surface area contributed by atoms with Crippen molar-refractivity contribution in [2.45, 2.75) is 25.6 Å². The Kier molecular flexibility index (Phi) is 7.62. The highest BCUT2D eigenvalue weighted by atomic mass is 35.5. The van der Waals surface area contributed by atoms with Gasteiger partial charge in [0.1, 0.15) is 5.75 Å². The number of likely N-dealkylation sites (tertiary alicyclic amines) is 1. The maximum Gasteiger partial charge on any atom is 0.573 e. The minimum absolute atomic E-state index is 0. The quantitative estimate of drug-likeness (QED) is 0.447. The second-order valence-electron chi connectivity index (χ2n) is 5.21. The number of alkyl halides is 3. The summed E-state index contributed by atoms with van der Waals surface area (Å²) < 4.78 is 40.3. The third-order valence-corrected chi connectivity index (χ3v) is 3.64. The fourth-order valence-corrected chi connectivity index (χ4v) is 2.50. The number of nitrogens with one attached hydrogen (secondary N) is 4. The van der Waals surface area contributed by atoms with Gasteiger partial charge >= 0.3 is 6.36 Å². The van der Waals surface area contributed by atoms with Crippen LogP contribution < -0.4 is 15.4 Å². The van der Waals surface area contributed by atoms with Gasteiger partial charge in [-0.2, -0.15) is 0 Å². The number of piperidine rings is 1. The van der Waals surface area contributed by atoms with Crippen LogP contribution in [0.4, 0.5) is 18.9 Å². The molecular weight excluding hydrogens is 382 g/mol. The highest BCUT2D eigenvalue weighted by Gasteiger charge is 2.32. The van der Waals surface area contributed by atoms with Crippen LogP contribution >= 0.6 is 24.0 Å². The molecule has 1 aromatic rings. The fourth-order valence-electron chi connectivity index (χ4n) is 2.28. The summed E-state index contributed by atoms with van der Waals surface area (Å²) in [7, 11) is 0. The molecule has 0 aliphatic carbocycles. The molecule has 140 valence electrons. The molecule has 2 rings (SSSR count). The lowest BCUT2D eigenvalue weighted by Gasteiger charge is -2.29. The van der Waals surface area contributed by atoms with E-state index in [-0.39, 0.29) is 29.3 Å². The molecule has 0 saturated carbocycles. The van der Waals surface area contributed by atoms with Gasteiger partial charge in [0, 0.05) is 18.8 Å². The lowest BCUT2D eigenvalue weighted by Crippen LogP contribution is -2.47. The number of guanidine groups is 2. The Morgan fingerprint density at radius 1 is 1.16 bits per heavy atom. The molecule has 1 aliphatic rings. The van der Waals surface area contributed by atoms with Crippen molar-refractivity contribution in [3.8, 4) is 5.75 Å². The number of anilines is 1. The summed E-state index contributed by atoms with van der Waals surface area (Å²) >= 11 is 5.74. The van der Waals surface area contributed by atoms with E-state index in [2.05, 4.69) is 15.4 Å². The highest BCUT2D eigenvalue weighted by molar-refractivity contribution is 6.32. The molecule has 25 heavy (non-hydrogen) atoms. The predicted molar refractivity (Wildman–Crippen MR) is 93.0 cm³/mol. The molecule has 4 N–H and O–H groups in total. The van der Waals surface area contributed by atoms with Crippen molar-refractivity contribution in [1.82, 2.24) is 10.2 Å². The second kappa shape index (κ2) is 9.00. The molecule has 0 amide bonds. The molecule has 6 nitrogen and oxygen atoms in total. The van der Waals surface area contributed by atoms with E-state index < -0.39 is 12.1 Å². The first-order valence-corrected chi connectivity index (χ1v) is 7.64. The van der Waals surface area contributed by atoms with Crippen LogP contribution in [0.1, 0.15) is 19.3 Å². The summed E-state index contributed by atoms with van der Waals surface area (Å²) in [5, 5.41) is 20.7. The van der Waals surface area contributed by atoms with Gasteiger partial charge in [0.25, 0.3) is 0 Å². The summed E-state index contributed by atoms with van der Waals surface area (Å²) in [6.07, 6.45) is -1.69. The zero-order valence-corrected chi connectivity index (χ0v) is 14.6. The first-order chi connectivity index (χ1) is 11.2. The molecule has 0 bridgehead atoms. The van der Waals surface area contributed by atoms with Crippen molar-refractivity contribution in [2.24, 2.45) is 0 Å². The van der Waals surface area contributed by atoms with Gasteiger partial charge in [0.05, 0.1) is 5.02 Å². The Morgan fingerprint density at radius 3 is 2.36 bits per heavy atom. The van der Waals surface area contributed by atoms with Crippen molar-refractivity contribution < 1.29 is 17.9 Å². The normalized spacial score (nSPS) is 14.3. The van der Waals surface area contributed by atoms with Gasteiger partial charge in [-0.05, 0) is 37.5 Å². The van der Waals surface area contributed by atoms with Crippen molar-refractivity contribution in [3.05, 3.63) is 23.2 Å². The van der Waals surface area contributed by atoms with E-state index in [0.717, 1.165) is 38.4 Å². The second-order valence-corrected chi connectivity index (χ2v) is 5.62. The lowest BCUT2D eigenvalue weighted by molar-refractivity contribution is -0.274. The number of ether oxygens (including phenoxy) is 1. The maximum atomic E-state index is 12.2. The van der Waals surface area contributed by atoms with Crippen LogP contribution in [0.3, 0.4) is 0 Å². The standard InChI is InChI=1S/C14H17ClF3N5O.ClH/c15-10-8-9(4-5-11(10)24-14(16,17)18)21-12(19)22-13(20)23-6-2-1-3-7-23;/h4-5,8H,1-3,6-7H2,(H4,19,20,21,22);1H. The minimum atomic E-state index is -4.82. The first-order valence-electron chi connectivity index (χ1n) is 7.26. The Labute approximate surface area is 154 Å². The molecule has 1 aromatic carbocycles. The van der Waals surface area contributed by atoms with Gasteiger partial charge in [-0.3, -0.25) is 16.1 Å². The smallest absolute Gasteiger partial charge is 0.404 e. The number of hydrogen-bond acceptors (Lipinski definition) is 3. The van der Waals surface area contributed by atoms with Crippen molar-refractivity contribution in [1.29, 1.82) is 10.8 Å². The number of hydrogen-bond donors (Lipinski definition) is 4. The van der Waals surface area contributed by atoms with Crippen molar-refractivity contribution in [3.63, 3.8) is 0 Å². The summed E-state index contributed by atoms with van der Waals surface area (Å²) in [4.78, 5) is 1.83. The topological polar surface area (TPSA) is 84.2 Å². The molecule has 1 aliphatic heterocycles. The van der Waals surface area contributed by atoms with Crippen LogP contribution in [-0.4, -0.2) is 36.3 Å². The number of benzene rings is 1. The Balaban J connectivity index is 0.00000312. The number of rotatable bonds is 2. The van der Waals surface area contributed by atoms with Gasteiger partial charge in [-0.25, -0.2) is 0 Å². The predicted octanol–water partition coefficient (Wildman–Crippen LogP) is 4.02. The zero-order chi connectivity index (χ0) is 17.7. The molecule has 0 aromatic heterocycles. The first kappa shape index (κ1) is 21.2. The van der Waals surface area contributed by atoms with Gasteiger partial charge in [-0.1, -0.05) is 11.6 Å². The Morgan fingerprint density at radius 2 is 1.80 bits per heavy atom. The molecule has 1 saturated heterocycles. The van der Waals surface area contributed by atoms with Crippen molar-refractivity contribution in [2.75, 3.05) is 18.4 Å². The maximum absolute atomic E-state index is 12.2. The number of nitrogens with zero attached hydrogens (tertiary/aromatic N) is 1. The summed E-state index contributed by atoms with van der Waals surface area (Å²) in [6.45, 7) is 1.52. The van der Waals surface area contributed by atoms with E-state index >= 15 is 0 Å². The van der Waals surface area contributed by atoms with Crippen LogP contribution in [0.25, 0.3) is 0 Å². The summed E-state index contributed by atoms with van der Waals surface area (Å²) in [5.74, 6) is -0.586. The van der Waals surface area contributed by atoms with Gasteiger partial charge in [0.15, 0.2) is 11.9 Å². The van der Waals surface area contributed by atoms with Crippen molar-refractivity contribution >= 4 is 41.6 Å². The molecular formula is C14H18Cl2F3N5O. The van der Waals surface area contributed by atoms with E-state index in [1.807, 2.05) is 4.90 Å². The average Bonchev–Trinajstić information content (AvgIpc) is 2.49. The summed E-state index contributed by atoms with van der Waals surface area (Å²) in [6, 6.07) is 3.57. The van der Waals surface area contributed by atoms with Gasteiger partial charge in [-0.15, -0.1) is 25.6 Å². The van der Waals surface area contributed by atoms with Crippen LogP contribution in [0.15, 0.2) is 18.2 Å². The largest absolute Gasteiger partial charge is 0.573 e. The van der Waals surface area contributed by atoms with Crippen LogP contribution in [-0.2, 0) is 0 Å². The van der Waals surface area contributed by atoms with E-state index in [0.29, 0.717) is 5.69 Å². The van der Waals surface area contributed by atoms with E-state index in [4.69, 9.17) is 22.4 Å². The molecule has 1 fully saturated rings. The van der Waals surface area contributed by atoms with Gasteiger partial charge in [0.2, 0.25) is 0 Å². The van der Waals surface area contributed by atoms with E-state index in [1.54, 1.807) is 0 Å².